The molecule has 2 aromatic rings. The zero-order chi connectivity index (χ0) is 23.0. The number of hydrogen-bond donors (Lipinski definition) is 2. The van der Waals surface area contributed by atoms with Crippen molar-refractivity contribution in [3.05, 3.63) is 59.9 Å². The fraction of sp³-hybridized carbons (Fsp3) is 0.435. The van der Waals surface area contributed by atoms with Gasteiger partial charge in [0.2, 0.25) is 10.0 Å². The molecule has 0 spiro atoms. The van der Waals surface area contributed by atoms with E-state index in [4.69, 9.17) is 4.74 Å². The van der Waals surface area contributed by atoms with E-state index in [-0.39, 0.29) is 29.6 Å². The van der Waals surface area contributed by atoms with E-state index in [0.717, 1.165) is 37.9 Å². The summed E-state index contributed by atoms with van der Waals surface area (Å²) in [4.78, 5) is 13.9. The van der Waals surface area contributed by atoms with Crippen LogP contribution in [0.5, 0.6) is 0 Å². The maximum Gasteiger partial charge on any atom is 0.411 e. The minimum absolute atomic E-state index is 0.00561. The molecule has 0 aromatic heterocycles. The predicted octanol–water partition coefficient (Wildman–Crippen LogP) is 3.63. The molecule has 0 atom stereocenters. The molecule has 2 aromatic carbocycles. The van der Waals surface area contributed by atoms with Gasteiger partial charge < -0.3 is 9.64 Å². The third kappa shape index (κ3) is 7.01. The van der Waals surface area contributed by atoms with E-state index in [1.165, 1.54) is 24.3 Å². The van der Waals surface area contributed by atoms with Crippen molar-refractivity contribution in [1.82, 2.24) is 9.62 Å². The van der Waals surface area contributed by atoms with Crippen LogP contribution in [0, 0.1) is 11.7 Å². The van der Waals surface area contributed by atoms with Gasteiger partial charge in [-0.15, -0.1) is 0 Å². The van der Waals surface area contributed by atoms with E-state index < -0.39 is 16.1 Å². The van der Waals surface area contributed by atoms with E-state index in [1.807, 2.05) is 12.1 Å². The number of carbonyl (C=O) groups excluding carboxylic acids is 1. The van der Waals surface area contributed by atoms with Gasteiger partial charge in [0, 0.05) is 13.1 Å². The van der Waals surface area contributed by atoms with Gasteiger partial charge >= 0.3 is 6.09 Å². The van der Waals surface area contributed by atoms with E-state index in [2.05, 4.69) is 14.9 Å². The fourth-order valence-electron chi connectivity index (χ4n) is 3.87. The summed E-state index contributed by atoms with van der Waals surface area (Å²) >= 11 is 0. The topological polar surface area (TPSA) is 87.7 Å². The third-order valence-corrected chi connectivity index (χ3v) is 7.07. The number of anilines is 1. The van der Waals surface area contributed by atoms with Crippen LogP contribution in [0.4, 0.5) is 14.9 Å². The summed E-state index contributed by atoms with van der Waals surface area (Å²) in [5, 5.41) is 2.47. The normalized spacial score (nSPS) is 15.4. The molecule has 2 N–H and O–H groups in total. The molecule has 3 rings (SSSR count). The van der Waals surface area contributed by atoms with Crippen LogP contribution in [-0.2, 0) is 21.2 Å². The zero-order valence-electron chi connectivity index (χ0n) is 18.2. The van der Waals surface area contributed by atoms with Crippen molar-refractivity contribution >= 4 is 21.8 Å². The first-order valence-corrected chi connectivity index (χ1v) is 12.3. The molecule has 0 unspecified atom stereocenters. The lowest BCUT2D eigenvalue weighted by Gasteiger charge is -2.32. The van der Waals surface area contributed by atoms with Gasteiger partial charge in [-0.25, -0.2) is 22.3 Å². The molecule has 1 heterocycles. The summed E-state index contributed by atoms with van der Waals surface area (Å²) in [6, 6.07) is 12.9. The minimum atomic E-state index is -3.78. The van der Waals surface area contributed by atoms with E-state index >= 15 is 0 Å². The van der Waals surface area contributed by atoms with Gasteiger partial charge in [0.05, 0.1) is 12.3 Å². The number of sulfonamides is 1. The molecule has 0 saturated carbocycles. The Morgan fingerprint density at radius 3 is 2.50 bits per heavy atom. The van der Waals surface area contributed by atoms with Gasteiger partial charge in [-0.3, -0.25) is 5.32 Å². The molecule has 1 aliphatic heterocycles. The van der Waals surface area contributed by atoms with Crippen molar-refractivity contribution in [2.75, 3.05) is 38.1 Å². The zero-order valence-corrected chi connectivity index (χ0v) is 19.0. The Balaban J connectivity index is 1.46. The third-order valence-electron chi connectivity index (χ3n) is 5.55. The van der Waals surface area contributed by atoms with Crippen molar-refractivity contribution in [1.29, 1.82) is 0 Å². The van der Waals surface area contributed by atoms with Crippen LogP contribution in [0.1, 0.15) is 25.3 Å². The van der Waals surface area contributed by atoms with Crippen molar-refractivity contribution in [3.8, 4) is 0 Å². The molecular weight excluding hydrogens is 433 g/mol. The number of para-hydroxylation sites is 1. The van der Waals surface area contributed by atoms with Crippen molar-refractivity contribution < 1.29 is 22.3 Å². The molecule has 1 amide bonds. The number of carbonyl (C=O) groups is 1. The van der Waals surface area contributed by atoms with Crippen molar-refractivity contribution in [3.63, 3.8) is 0 Å². The molecule has 0 aliphatic carbocycles. The Morgan fingerprint density at radius 2 is 1.81 bits per heavy atom. The molecule has 1 saturated heterocycles. The minimum Gasteiger partial charge on any atom is -0.450 e. The number of hydrogen-bond acceptors (Lipinski definition) is 5. The number of likely N-dealkylation sites (tertiary alicyclic amines) is 1. The molecule has 32 heavy (non-hydrogen) atoms. The quantitative estimate of drug-likeness (QED) is 0.593. The second-order valence-corrected chi connectivity index (χ2v) is 9.59. The second kappa shape index (κ2) is 11.4. The highest BCUT2D eigenvalue weighted by molar-refractivity contribution is 7.89. The monoisotopic (exact) mass is 463 g/mol. The highest BCUT2D eigenvalue weighted by Gasteiger charge is 2.22. The second-order valence-electron chi connectivity index (χ2n) is 7.86. The first kappa shape index (κ1) is 24.2. The van der Waals surface area contributed by atoms with Crippen LogP contribution < -0.4 is 10.0 Å². The Kier molecular flexibility index (Phi) is 8.60. The van der Waals surface area contributed by atoms with Crippen molar-refractivity contribution in [2.45, 2.75) is 31.1 Å². The molecule has 9 heteroatoms. The molecule has 174 valence electrons. The molecule has 0 radical (unpaired) electrons. The molecule has 7 nitrogen and oxygen atoms in total. The smallest absolute Gasteiger partial charge is 0.411 e. The number of rotatable bonds is 9. The summed E-state index contributed by atoms with van der Waals surface area (Å²) < 4.78 is 46.1. The standard InChI is InChI=1S/C23H30FN3O4S/c1-2-31-23(28)26-21-5-3-4-6-22(21)32(29,30)25-13-16-27-14-11-19(12-15-27)17-18-7-9-20(24)10-8-18/h3-10,19,25H,2,11-17H2,1H3,(H,26,28). The van der Waals surface area contributed by atoms with Crippen LogP contribution in [0.2, 0.25) is 0 Å². The molecule has 1 fully saturated rings. The average molecular weight is 464 g/mol. The lowest BCUT2D eigenvalue weighted by Crippen LogP contribution is -2.40. The fourth-order valence-corrected chi connectivity index (χ4v) is 5.05. The lowest BCUT2D eigenvalue weighted by molar-refractivity contribution is 0.168. The lowest BCUT2D eigenvalue weighted by atomic mass is 9.90. The SMILES string of the molecule is CCOC(=O)Nc1ccccc1S(=O)(=O)NCCN1CCC(Cc2ccc(F)cc2)CC1. The summed E-state index contributed by atoms with van der Waals surface area (Å²) in [6.45, 7) is 4.55. The Morgan fingerprint density at radius 1 is 1.12 bits per heavy atom. The van der Waals surface area contributed by atoms with Gasteiger partial charge in [-0.05, 0) is 75.0 Å². The van der Waals surface area contributed by atoms with Crippen molar-refractivity contribution in [2.24, 2.45) is 5.92 Å². The maximum absolute atomic E-state index is 13.1. The summed E-state index contributed by atoms with van der Waals surface area (Å²) in [7, 11) is -3.78. The summed E-state index contributed by atoms with van der Waals surface area (Å²) in [5.41, 5.74) is 1.33. The van der Waals surface area contributed by atoms with Crippen LogP contribution >= 0.6 is 0 Å². The molecule has 1 aliphatic rings. The maximum atomic E-state index is 13.1. The number of halogens is 1. The molecular formula is C23H30FN3O4S. The largest absolute Gasteiger partial charge is 0.450 e. The highest BCUT2D eigenvalue weighted by atomic mass is 32.2. The van der Waals surface area contributed by atoms with E-state index in [0.29, 0.717) is 12.5 Å². The number of nitrogens with one attached hydrogen (secondary N) is 2. The number of piperidine rings is 1. The molecule has 0 bridgehead atoms. The van der Waals surface area contributed by atoms with E-state index in [1.54, 1.807) is 19.1 Å². The van der Waals surface area contributed by atoms with Gasteiger partial charge in [-0.2, -0.15) is 0 Å². The van der Waals surface area contributed by atoms with Gasteiger partial charge in [0.25, 0.3) is 0 Å². The number of nitrogens with zero attached hydrogens (tertiary/aromatic N) is 1. The highest BCUT2D eigenvalue weighted by Crippen LogP contribution is 2.23. The number of ether oxygens (including phenoxy) is 1. The number of benzene rings is 2. The average Bonchev–Trinajstić information content (AvgIpc) is 2.77. The first-order chi connectivity index (χ1) is 15.4. The summed E-state index contributed by atoms with van der Waals surface area (Å²) in [6.07, 6.45) is 2.29. The van der Waals surface area contributed by atoms with Crippen LogP contribution in [-0.4, -0.2) is 52.2 Å². The van der Waals surface area contributed by atoms with Gasteiger partial charge in [0.1, 0.15) is 10.7 Å². The Labute approximate surface area is 189 Å². The van der Waals surface area contributed by atoms with Crippen LogP contribution in [0.15, 0.2) is 53.4 Å². The number of amides is 1. The first-order valence-electron chi connectivity index (χ1n) is 10.9. The van der Waals surface area contributed by atoms with Gasteiger partial charge in [-0.1, -0.05) is 24.3 Å². The van der Waals surface area contributed by atoms with E-state index in [9.17, 15) is 17.6 Å². The van der Waals surface area contributed by atoms with Gasteiger partial charge in [0.15, 0.2) is 0 Å². The predicted molar refractivity (Wildman–Crippen MR) is 122 cm³/mol. The Hall–Kier alpha value is -2.49. The van der Waals surface area contributed by atoms with Crippen LogP contribution in [0.3, 0.4) is 0 Å². The van der Waals surface area contributed by atoms with Crippen LogP contribution in [0.25, 0.3) is 0 Å². The summed E-state index contributed by atoms with van der Waals surface area (Å²) in [5.74, 6) is 0.333. The Bertz CT molecular complexity index is 991.